The highest BCUT2D eigenvalue weighted by molar-refractivity contribution is 5.99. The lowest BCUT2D eigenvalue weighted by molar-refractivity contribution is -0.117. The molecule has 5 heteroatoms. The van der Waals surface area contributed by atoms with Gasteiger partial charge in [-0.3, -0.25) is 4.79 Å². The molecule has 2 aliphatic rings. The molecular weight excluding hydrogens is 276 g/mol. The Morgan fingerprint density at radius 1 is 1.32 bits per heavy atom. The average Bonchev–Trinajstić information content (AvgIpc) is 2.92. The number of aryl methyl sites for hydroxylation is 1. The first-order valence-electron chi connectivity index (χ1n) is 7.63. The van der Waals surface area contributed by atoms with E-state index in [2.05, 4.69) is 47.4 Å². The van der Waals surface area contributed by atoms with E-state index in [9.17, 15) is 4.79 Å². The molecule has 1 aliphatic heterocycles. The van der Waals surface area contributed by atoms with Gasteiger partial charge in [0.2, 0.25) is 5.95 Å². The maximum absolute atomic E-state index is 12.7. The number of ketones is 1. The Hall–Kier alpha value is -2.43. The highest BCUT2D eigenvalue weighted by Gasteiger charge is 2.37. The van der Waals surface area contributed by atoms with Crippen molar-refractivity contribution < 1.29 is 4.79 Å². The van der Waals surface area contributed by atoms with E-state index in [1.54, 1.807) is 0 Å². The Labute approximate surface area is 129 Å². The minimum Gasteiger partial charge on any atom is -0.328 e. The number of carbonyl (C=O) groups is 1. The van der Waals surface area contributed by atoms with Crippen LogP contribution < -0.4 is 5.32 Å². The normalized spacial score (nSPS) is 23.8. The zero-order valence-electron chi connectivity index (χ0n) is 12.7. The second-order valence-corrected chi connectivity index (χ2v) is 6.30. The molecule has 2 aromatic rings. The summed E-state index contributed by atoms with van der Waals surface area (Å²) in [5.74, 6) is 1.30. The van der Waals surface area contributed by atoms with Crippen molar-refractivity contribution in [2.45, 2.75) is 32.7 Å². The molecule has 112 valence electrons. The fourth-order valence-electron chi connectivity index (χ4n) is 3.50. The Kier molecular flexibility index (Phi) is 2.89. The first-order valence-corrected chi connectivity index (χ1v) is 7.63. The van der Waals surface area contributed by atoms with Crippen LogP contribution in [0.2, 0.25) is 0 Å². The van der Waals surface area contributed by atoms with Gasteiger partial charge in [-0.1, -0.05) is 36.8 Å². The number of carbonyl (C=O) groups excluding carboxylic acids is 1. The molecule has 1 aliphatic carbocycles. The topological polar surface area (TPSA) is 59.8 Å². The van der Waals surface area contributed by atoms with Crippen molar-refractivity contribution in [1.82, 2.24) is 14.8 Å². The predicted molar refractivity (Wildman–Crippen MR) is 83.4 cm³/mol. The standard InChI is InChI=1S/C17H18N4O/c1-10-4-3-5-12(6-10)16-15-13(7-11(2)8-14(15)22)20-17-18-9-19-21(16)17/h3-6,9,11,16H,7-8H2,1-2H3,(H,18,19,20)/t11-,16+/m1/s1. The summed E-state index contributed by atoms with van der Waals surface area (Å²) in [6, 6.07) is 8.10. The Bertz CT molecular complexity index is 789. The molecule has 2 atom stereocenters. The van der Waals surface area contributed by atoms with Crippen LogP contribution in [0.3, 0.4) is 0 Å². The summed E-state index contributed by atoms with van der Waals surface area (Å²) in [7, 11) is 0. The monoisotopic (exact) mass is 294 g/mol. The van der Waals surface area contributed by atoms with Gasteiger partial charge in [-0.05, 0) is 24.8 Å². The molecule has 0 bridgehead atoms. The Balaban J connectivity index is 1.92. The molecule has 22 heavy (non-hydrogen) atoms. The fourth-order valence-corrected chi connectivity index (χ4v) is 3.50. The second-order valence-electron chi connectivity index (χ2n) is 6.30. The van der Waals surface area contributed by atoms with E-state index in [0.717, 1.165) is 23.3 Å². The molecule has 0 amide bonds. The van der Waals surface area contributed by atoms with E-state index in [0.29, 0.717) is 18.3 Å². The SMILES string of the molecule is Cc1cccc([C@H]2C3=C(C[C@@H](C)CC3=O)Nc3ncnn32)c1. The number of allylic oxidation sites excluding steroid dienone is 2. The maximum Gasteiger partial charge on any atom is 0.226 e. The van der Waals surface area contributed by atoms with E-state index < -0.39 is 0 Å². The first-order chi connectivity index (χ1) is 10.6. The van der Waals surface area contributed by atoms with Crippen molar-refractivity contribution in [3.05, 3.63) is 53.0 Å². The lowest BCUT2D eigenvalue weighted by Gasteiger charge is -2.34. The van der Waals surface area contributed by atoms with Crippen molar-refractivity contribution in [2.24, 2.45) is 5.92 Å². The van der Waals surface area contributed by atoms with Crippen LogP contribution in [0.4, 0.5) is 5.95 Å². The number of nitrogens with one attached hydrogen (secondary N) is 1. The second kappa shape index (κ2) is 4.80. The Morgan fingerprint density at radius 2 is 2.18 bits per heavy atom. The van der Waals surface area contributed by atoms with Crippen molar-refractivity contribution in [3.63, 3.8) is 0 Å². The number of Topliss-reactive ketones (excluding diaryl/α,β-unsaturated/α-hetero) is 1. The van der Waals surface area contributed by atoms with Crippen molar-refractivity contribution >= 4 is 11.7 Å². The van der Waals surface area contributed by atoms with Crippen LogP contribution in [0.15, 0.2) is 41.9 Å². The highest BCUT2D eigenvalue weighted by Crippen LogP contribution is 2.40. The van der Waals surface area contributed by atoms with E-state index in [4.69, 9.17) is 0 Å². The lowest BCUT2D eigenvalue weighted by atomic mass is 9.81. The third-order valence-corrected chi connectivity index (χ3v) is 4.42. The zero-order valence-corrected chi connectivity index (χ0v) is 12.7. The Morgan fingerprint density at radius 3 is 3.00 bits per heavy atom. The number of fused-ring (bicyclic) bond motifs is 1. The maximum atomic E-state index is 12.7. The summed E-state index contributed by atoms with van der Waals surface area (Å²) < 4.78 is 1.82. The van der Waals surface area contributed by atoms with Gasteiger partial charge in [-0.25, -0.2) is 4.68 Å². The molecule has 1 aromatic carbocycles. The van der Waals surface area contributed by atoms with Crippen molar-refractivity contribution in [3.8, 4) is 0 Å². The number of anilines is 1. The van der Waals surface area contributed by atoms with Crippen LogP contribution in [-0.2, 0) is 4.79 Å². The third-order valence-electron chi connectivity index (χ3n) is 4.42. The van der Waals surface area contributed by atoms with Crippen LogP contribution in [0, 0.1) is 12.8 Å². The van der Waals surface area contributed by atoms with E-state index in [1.807, 2.05) is 10.7 Å². The molecule has 5 nitrogen and oxygen atoms in total. The molecule has 0 saturated carbocycles. The highest BCUT2D eigenvalue weighted by atomic mass is 16.1. The molecule has 0 spiro atoms. The average molecular weight is 294 g/mol. The van der Waals surface area contributed by atoms with Gasteiger partial charge in [0.1, 0.15) is 12.4 Å². The van der Waals surface area contributed by atoms with Gasteiger partial charge in [0.25, 0.3) is 0 Å². The number of benzene rings is 1. The van der Waals surface area contributed by atoms with Crippen molar-refractivity contribution in [1.29, 1.82) is 0 Å². The summed E-state index contributed by atoms with van der Waals surface area (Å²) in [6.07, 6.45) is 3.03. The minimum absolute atomic E-state index is 0.173. The molecule has 0 saturated heterocycles. The smallest absolute Gasteiger partial charge is 0.226 e. The molecule has 4 rings (SSSR count). The summed E-state index contributed by atoms with van der Waals surface area (Å²) in [5.41, 5.74) is 4.12. The minimum atomic E-state index is -0.173. The van der Waals surface area contributed by atoms with Gasteiger partial charge in [-0.2, -0.15) is 10.1 Å². The number of aromatic nitrogens is 3. The fraction of sp³-hybridized carbons (Fsp3) is 0.353. The lowest BCUT2D eigenvalue weighted by Crippen LogP contribution is -2.33. The van der Waals surface area contributed by atoms with Gasteiger partial charge in [0, 0.05) is 17.7 Å². The number of nitrogens with zero attached hydrogens (tertiary/aromatic N) is 3. The summed E-state index contributed by atoms with van der Waals surface area (Å²) in [6.45, 7) is 4.18. The van der Waals surface area contributed by atoms with E-state index >= 15 is 0 Å². The van der Waals surface area contributed by atoms with Gasteiger partial charge in [0.15, 0.2) is 5.78 Å². The first kappa shape index (κ1) is 13.2. The molecule has 0 unspecified atom stereocenters. The quantitative estimate of drug-likeness (QED) is 0.878. The summed E-state index contributed by atoms with van der Waals surface area (Å²) in [5, 5.41) is 7.65. The largest absolute Gasteiger partial charge is 0.328 e. The van der Waals surface area contributed by atoms with Crippen molar-refractivity contribution in [2.75, 3.05) is 5.32 Å². The molecule has 2 heterocycles. The molecule has 0 fully saturated rings. The molecular formula is C17H18N4O. The van der Waals surface area contributed by atoms with Crippen LogP contribution in [0.5, 0.6) is 0 Å². The van der Waals surface area contributed by atoms with Gasteiger partial charge in [-0.15, -0.1) is 0 Å². The van der Waals surface area contributed by atoms with E-state index in [-0.39, 0.29) is 11.8 Å². The van der Waals surface area contributed by atoms with Crippen LogP contribution in [0.25, 0.3) is 0 Å². The zero-order chi connectivity index (χ0) is 15.3. The van der Waals surface area contributed by atoms with E-state index in [1.165, 1.54) is 11.9 Å². The third kappa shape index (κ3) is 1.96. The predicted octanol–water partition coefficient (Wildman–Crippen LogP) is 2.85. The number of hydrogen-bond acceptors (Lipinski definition) is 4. The molecule has 1 aromatic heterocycles. The number of hydrogen-bond donors (Lipinski definition) is 1. The van der Waals surface area contributed by atoms with Crippen LogP contribution in [-0.4, -0.2) is 20.5 Å². The van der Waals surface area contributed by atoms with Gasteiger partial charge >= 0.3 is 0 Å². The molecule has 1 N–H and O–H groups in total. The van der Waals surface area contributed by atoms with Gasteiger partial charge < -0.3 is 5.32 Å². The summed E-state index contributed by atoms with van der Waals surface area (Å²) in [4.78, 5) is 17.0. The van der Waals surface area contributed by atoms with Crippen LogP contribution in [0.1, 0.15) is 36.9 Å². The summed E-state index contributed by atoms with van der Waals surface area (Å²) >= 11 is 0. The molecule has 0 radical (unpaired) electrons. The van der Waals surface area contributed by atoms with Crippen LogP contribution >= 0.6 is 0 Å². The van der Waals surface area contributed by atoms with Gasteiger partial charge in [0.05, 0.1) is 0 Å². The number of rotatable bonds is 1.